The third-order valence-corrected chi connectivity index (χ3v) is 6.23. The number of amides is 2. The van der Waals surface area contributed by atoms with Crippen molar-refractivity contribution in [3.8, 4) is 0 Å². The Labute approximate surface area is 193 Å². The molecule has 7 nitrogen and oxygen atoms in total. The van der Waals surface area contributed by atoms with Crippen LogP contribution in [0.4, 0.5) is 5.69 Å². The molecule has 2 amide bonds. The molecule has 0 saturated heterocycles. The van der Waals surface area contributed by atoms with E-state index in [2.05, 4.69) is 5.32 Å². The van der Waals surface area contributed by atoms with Crippen molar-refractivity contribution < 1.29 is 14.5 Å². The zero-order chi connectivity index (χ0) is 23.7. The average Bonchev–Trinajstić information content (AvgIpc) is 2.77. The Morgan fingerprint density at radius 2 is 1.81 bits per heavy atom. The van der Waals surface area contributed by atoms with Gasteiger partial charge in [-0.1, -0.05) is 48.9 Å². The van der Waals surface area contributed by atoms with Gasteiger partial charge in [-0.05, 0) is 38.3 Å². The van der Waals surface area contributed by atoms with Crippen molar-refractivity contribution in [3.63, 3.8) is 0 Å². The second-order valence-corrected chi connectivity index (χ2v) is 8.91. The van der Waals surface area contributed by atoms with Gasteiger partial charge in [-0.25, -0.2) is 0 Å². The number of rotatable bonds is 11. The number of hydrogen-bond donors (Lipinski definition) is 1. The van der Waals surface area contributed by atoms with Crippen LogP contribution in [0.1, 0.15) is 43.9 Å². The largest absolute Gasteiger partial charge is 0.352 e. The Bertz CT molecular complexity index is 933. The van der Waals surface area contributed by atoms with E-state index in [-0.39, 0.29) is 29.3 Å². The zero-order valence-electron chi connectivity index (χ0n) is 19.0. The Balaban J connectivity index is 2.06. The summed E-state index contributed by atoms with van der Waals surface area (Å²) < 4.78 is 0. The fourth-order valence-electron chi connectivity index (χ4n) is 3.11. The number of thioether (sulfide) groups is 1. The SMILES string of the molecule is CC[C@@H](C)NC(=O)[C@@H](C)N(Cc1cccc(C)c1)C(=O)CSCc1ccc([N+](=O)[O-])cc1. The third kappa shape index (κ3) is 7.67. The Morgan fingerprint density at radius 1 is 1.12 bits per heavy atom. The Morgan fingerprint density at radius 3 is 2.41 bits per heavy atom. The number of non-ortho nitro benzene ring substituents is 1. The van der Waals surface area contributed by atoms with E-state index in [1.54, 1.807) is 24.0 Å². The molecule has 0 spiro atoms. The van der Waals surface area contributed by atoms with Crippen LogP contribution in [0, 0.1) is 17.0 Å². The number of carbonyl (C=O) groups is 2. The van der Waals surface area contributed by atoms with Crippen molar-refractivity contribution in [3.05, 3.63) is 75.3 Å². The maximum Gasteiger partial charge on any atom is 0.269 e. The molecule has 0 saturated carbocycles. The summed E-state index contributed by atoms with van der Waals surface area (Å²) in [6.07, 6.45) is 0.815. The van der Waals surface area contributed by atoms with E-state index in [4.69, 9.17) is 0 Å². The molecule has 0 unspecified atom stereocenters. The van der Waals surface area contributed by atoms with Crippen molar-refractivity contribution >= 4 is 29.3 Å². The van der Waals surface area contributed by atoms with Crippen LogP contribution in [0.2, 0.25) is 0 Å². The average molecular weight is 458 g/mol. The van der Waals surface area contributed by atoms with Crippen LogP contribution in [0.25, 0.3) is 0 Å². The van der Waals surface area contributed by atoms with Crippen molar-refractivity contribution in [2.45, 2.75) is 58.5 Å². The third-order valence-electron chi connectivity index (χ3n) is 5.25. The number of benzene rings is 2. The summed E-state index contributed by atoms with van der Waals surface area (Å²) in [5.74, 6) is 0.477. The second kappa shape index (κ2) is 12.2. The first-order valence-electron chi connectivity index (χ1n) is 10.7. The van der Waals surface area contributed by atoms with E-state index in [9.17, 15) is 19.7 Å². The minimum Gasteiger partial charge on any atom is -0.352 e. The minimum absolute atomic E-state index is 0.0392. The van der Waals surface area contributed by atoms with Crippen LogP contribution in [0.15, 0.2) is 48.5 Å². The molecule has 0 aliphatic heterocycles. The predicted octanol–water partition coefficient (Wildman–Crippen LogP) is 4.47. The van der Waals surface area contributed by atoms with Crippen molar-refractivity contribution in [1.29, 1.82) is 0 Å². The molecular formula is C24H31N3O4S. The summed E-state index contributed by atoms with van der Waals surface area (Å²) in [6.45, 7) is 8.05. The minimum atomic E-state index is -0.600. The molecule has 0 aliphatic rings. The first kappa shape index (κ1) is 25.4. The fourth-order valence-corrected chi connectivity index (χ4v) is 3.98. The summed E-state index contributed by atoms with van der Waals surface area (Å²) in [6, 6.07) is 13.7. The standard InChI is InChI=1S/C24H31N3O4S/c1-5-18(3)25-24(29)19(4)26(14-21-8-6-7-17(2)13-21)23(28)16-32-15-20-9-11-22(12-10-20)27(30)31/h6-13,18-19H,5,14-16H2,1-4H3,(H,25,29)/t18-,19-/m1/s1. The number of aryl methyl sites for hydroxylation is 1. The van der Waals surface area contributed by atoms with Crippen LogP contribution in [-0.4, -0.2) is 39.5 Å². The monoisotopic (exact) mass is 457 g/mol. The first-order chi connectivity index (χ1) is 15.2. The lowest BCUT2D eigenvalue weighted by Gasteiger charge is -2.29. The van der Waals surface area contributed by atoms with Gasteiger partial charge in [0, 0.05) is 30.5 Å². The molecular weight excluding hydrogens is 426 g/mol. The molecule has 2 aromatic carbocycles. The zero-order valence-corrected chi connectivity index (χ0v) is 19.9. The first-order valence-corrected chi connectivity index (χ1v) is 11.8. The van der Waals surface area contributed by atoms with Crippen molar-refractivity contribution in [2.24, 2.45) is 0 Å². The predicted molar refractivity (Wildman–Crippen MR) is 128 cm³/mol. The molecule has 2 rings (SSSR count). The van der Waals surface area contributed by atoms with Gasteiger partial charge in [0.1, 0.15) is 6.04 Å². The van der Waals surface area contributed by atoms with Crippen molar-refractivity contribution in [1.82, 2.24) is 10.2 Å². The molecule has 0 fully saturated rings. The number of nitro groups is 1. The highest BCUT2D eigenvalue weighted by molar-refractivity contribution is 7.99. The van der Waals surface area contributed by atoms with E-state index in [0.717, 1.165) is 23.1 Å². The normalized spacial score (nSPS) is 12.6. The van der Waals surface area contributed by atoms with E-state index in [1.165, 1.54) is 23.9 Å². The van der Waals surface area contributed by atoms with Crippen LogP contribution < -0.4 is 5.32 Å². The highest BCUT2D eigenvalue weighted by atomic mass is 32.2. The number of nitro benzene ring substituents is 1. The van der Waals surface area contributed by atoms with Gasteiger partial charge < -0.3 is 10.2 Å². The highest BCUT2D eigenvalue weighted by Gasteiger charge is 2.26. The molecule has 0 aromatic heterocycles. The maximum absolute atomic E-state index is 13.1. The van der Waals surface area contributed by atoms with Gasteiger partial charge in [-0.2, -0.15) is 0 Å². The molecule has 172 valence electrons. The Hall–Kier alpha value is -2.87. The molecule has 0 aliphatic carbocycles. The molecule has 8 heteroatoms. The lowest BCUT2D eigenvalue weighted by atomic mass is 10.1. The summed E-state index contributed by atoms with van der Waals surface area (Å²) in [7, 11) is 0. The van der Waals surface area contributed by atoms with Gasteiger partial charge in [-0.3, -0.25) is 19.7 Å². The van der Waals surface area contributed by atoms with E-state index < -0.39 is 11.0 Å². The van der Waals surface area contributed by atoms with Gasteiger partial charge in [-0.15, -0.1) is 11.8 Å². The van der Waals surface area contributed by atoms with Gasteiger partial charge in [0.2, 0.25) is 11.8 Å². The van der Waals surface area contributed by atoms with Crippen molar-refractivity contribution in [2.75, 3.05) is 5.75 Å². The highest BCUT2D eigenvalue weighted by Crippen LogP contribution is 2.19. The summed E-state index contributed by atoms with van der Waals surface area (Å²) in [4.78, 5) is 37.8. The molecule has 2 atom stereocenters. The fraction of sp³-hybridized carbons (Fsp3) is 0.417. The molecule has 1 N–H and O–H groups in total. The number of carbonyl (C=O) groups excluding carboxylic acids is 2. The molecule has 0 radical (unpaired) electrons. The molecule has 0 bridgehead atoms. The van der Waals surface area contributed by atoms with Gasteiger partial charge >= 0.3 is 0 Å². The van der Waals surface area contributed by atoms with Crippen LogP contribution in [0.5, 0.6) is 0 Å². The molecule has 2 aromatic rings. The Kier molecular flexibility index (Phi) is 9.71. The van der Waals surface area contributed by atoms with Crippen LogP contribution in [0.3, 0.4) is 0 Å². The van der Waals surface area contributed by atoms with E-state index in [0.29, 0.717) is 12.3 Å². The van der Waals surface area contributed by atoms with E-state index >= 15 is 0 Å². The lowest BCUT2D eigenvalue weighted by molar-refractivity contribution is -0.384. The summed E-state index contributed by atoms with van der Waals surface area (Å²) >= 11 is 1.43. The summed E-state index contributed by atoms with van der Waals surface area (Å²) in [5.41, 5.74) is 3.02. The maximum atomic E-state index is 13.1. The number of nitrogens with one attached hydrogen (secondary N) is 1. The van der Waals surface area contributed by atoms with Crippen LogP contribution in [-0.2, 0) is 21.9 Å². The van der Waals surface area contributed by atoms with Gasteiger partial charge in [0.15, 0.2) is 0 Å². The smallest absolute Gasteiger partial charge is 0.269 e. The quantitative estimate of drug-likeness (QED) is 0.397. The van der Waals surface area contributed by atoms with Crippen LogP contribution >= 0.6 is 11.8 Å². The number of hydrogen-bond acceptors (Lipinski definition) is 5. The van der Waals surface area contributed by atoms with Gasteiger partial charge in [0.05, 0.1) is 10.7 Å². The number of nitrogens with zero attached hydrogens (tertiary/aromatic N) is 2. The second-order valence-electron chi connectivity index (χ2n) is 7.92. The van der Waals surface area contributed by atoms with E-state index in [1.807, 2.05) is 45.0 Å². The molecule has 32 heavy (non-hydrogen) atoms. The topological polar surface area (TPSA) is 92.6 Å². The summed E-state index contributed by atoms with van der Waals surface area (Å²) in [5, 5.41) is 13.7. The van der Waals surface area contributed by atoms with Gasteiger partial charge in [0.25, 0.3) is 5.69 Å². The molecule has 0 heterocycles. The lowest BCUT2D eigenvalue weighted by Crippen LogP contribution is -2.50.